The summed E-state index contributed by atoms with van der Waals surface area (Å²) in [6.07, 6.45) is 1.67. The summed E-state index contributed by atoms with van der Waals surface area (Å²) in [5.74, 6) is 0.924. The molecule has 0 saturated heterocycles. The Labute approximate surface area is 119 Å². The lowest BCUT2D eigenvalue weighted by Crippen LogP contribution is -2.07. The lowest BCUT2D eigenvalue weighted by atomic mass is 10.2. The number of hydrogen-bond acceptors (Lipinski definition) is 2. The number of hydrogen-bond donors (Lipinski definition) is 1. The van der Waals surface area contributed by atoms with Crippen LogP contribution in [0.1, 0.15) is 11.4 Å². The highest BCUT2D eigenvalue weighted by Gasteiger charge is 2.05. The van der Waals surface area contributed by atoms with Crippen LogP contribution in [0.15, 0.2) is 24.4 Å². The number of anilines is 1. The van der Waals surface area contributed by atoms with Crippen LogP contribution in [0.4, 0.5) is 5.69 Å². The minimum Gasteiger partial charge on any atom is -0.378 e. The smallest absolute Gasteiger partial charge is 0.128 e. The largest absolute Gasteiger partial charge is 0.378 e. The van der Waals surface area contributed by atoms with Gasteiger partial charge in [0.2, 0.25) is 0 Å². The Kier molecular flexibility index (Phi) is 3.93. The third-order valence-corrected chi connectivity index (χ3v) is 3.68. The SMILES string of the molecule is Cc1cc(I)ccc1NCc1ncc(Cl)n1C. The number of nitrogens with zero attached hydrogens (tertiary/aromatic N) is 2. The van der Waals surface area contributed by atoms with Gasteiger partial charge in [0, 0.05) is 16.3 Å². The summed E-state index contributed by atoms with van der Waals surface area (Å²) in [6.45, 7) is 2.76. The van der Waals surface area contributed by atoms with Gasteiger partial charge in [-0.1, -0.05) is 11.6 Å². The summed E-state index contributed by atoms with van der Waals surface area (Å²) in [4.78, 5) is 4.24. The Balaban J connectivity index is 2.10. The average molecular weight is 362 g/mol. The van der Waals surface area contributed by atoms with Gasteiger partial charge in [0.15, 0.2) is 0 Å². The molecule has 3 nitrogen and oxygen atoms in total. The molecule has 90 valence electrons. The molecule has 0 spiro atoms. The fraction of sp³-hybridized carbons (Fsp3) is 0.250. The number of rotatable bonds is 3. The van der Waals surface area contributed by atoms with Gasteiger partial charge in [-0.15, -0.1) is 0 Å². The number of halogens is 2. The topological polar surface area (TPSA) is 29.9 Å². The zero-order chi connectivity index (χ0) is 12.4. The third-order valence-electron chi connectivity index (χ3n) is 2.65. The summed E-state index contributed by atoms with van der Waals surface area (Å²) in [7, 11) is 1.91. The van der Waals surface area contributed by atoms with E-state index in [1.54, 1.807) is 6.20 Å². The van der Waals surface area contributed by atoms with Gasteiger partial charge in [-0.3, -0.25) is 0 Å². The molecule has 0 saturated carbocycles. The molecule has 2 rings (SSSR count). The van der Waals surface area contributed by atoms with E-state index in [0.29, 0.717) is 11.7 Å². The normalized spacial score (nSPS) is 10.6. The highest BCUT2D eigenvalue weighted by molar-refractivity contribution is 14.1. The van der Waals surface area contributed by atoms with Crippen molar-refractivity contribution in [2.45, 2.75) is 13.5 Å². The van der Waals surface area contributed by atoms with Gasteiger partial charge in [0.05, 0.1) is 12.7 Å². The first-order valence-corrected chi connectivity index (χ1v) is 6.69. The van der Waals surface area contributed by atoms with Gasteiger partial charge < -0.3 is 9.88 Å². The van der Waals surface area contributed by atoms with Crippen LogP contribution in [0.5, 0.6) is 0 Å². The lowest BCUT2D eigenvalue weighted by molar-refractivity contribution is 0.813. The Bertz CT molecular complexity index is 537. The summed E-state index contributed by atoms with van der Waals surface area (Å²) in [5, 5.41) is 4.02. The maximum Gasteiger partial charge on any atom is 0.128 e. The summed E-state index contributed by atoms with van der Waals surface area (Å²) in [5.41, 5.74) is 2.36. The van der Waals surface area contributed by atoms with Crippen LogP contribution < -0.4 is 5.32 Å². The Morgan fingerprint density at radius 3 is 2.82 bits per heavy atom. The Hall–Kier alpha value is -0.750. The molecular weight excluding hydrogens is 349 g/mol. The standard InChI is InChI=1S/C12H13ClIN3/c1-8-5-9(14)3-4-10(8)15-7-12-16-6-11(13)17(12)2/h3-6,15H,7H2,1-2H3. The number of aryl methyl sites for hydroxylation is 1. The van der Waals surface area contributed by atoms with Gasteiger partial charge in [-0.05, 0) is 53.3 Å². The van der Waals surface area contributed by atoms with Crippen molar-refractivity contribution in [3.8, 4) is 0 Å². The molecule has 0 radical (unpaired) electrons. The number of nitrogens with one attached hydrogen (secondary N) is 1. The summed E-state index contributed by atoms with van der Waals surface area (Å²) < 4.78 is 3.11. The monoisotopic (exact) mass is 361 g/mol. The fourth-order valence-corrected chi connectivity index (χ4v) is 2.38. The first kappa shape index (κ1) is 12.7. The van der Waals surface area contributed by atoms with Crippen LogP contribution in [-0.4, -0.2) is 9.55 Å². The number of benzene rings is 1. The molecule has 0 unspecified atom stereocenters. The number of imidazole rings is 1. The first-order chi connectivity index (χ1) is 8.08. The molecule has 0 aliphatic heterocycles. The average Bonchev–Trinajstić information content (AvgIpc) is 2.59. The van der Waals surface area contributed by atoms with E-state index in [4.69, 9.17) is 11.6 Å². The van der Waals surface area contributed by atoms with Crippen LogP contribution in [-0.2, 0) is 13.6 Å². The van der Waals surface area contributed by atoms with Crippen molar-refractivity contribution in [1.29, 1.82) is 0 Å². The van der Waals surface area contributed by atoms with Crippen molar-refractivity contribution in [3.63, 3.8) is 0 Å². The van der Waals surface area contributed by atoms with Crippen molar-refractivity contribution in [2.24, 2.45) is 7.05 Å². The molecule has 1 aromatic carbocycles. The van der Waals surface area contributed by atoms with Crippen LogP contribution in [0.2, 0.25) is 5.15 Å². The Morgan fingerprint density at radius 2 is 2.24 bits per heavy atom. The molecule has 1 aromatic heterocycles. The molecule has 0 aliphatic carbocycles. The van der Waals surface area contributed by atoms with E-state index in [2.05, 4.69) is 58.0 Å². The van der Waals surface area contributed by atoms with Crippen molar-refractivity contribution in [3.05, 3.63) is 44.5 Å². The number of aromatic nitrogens is 2. The van der Waals surface area contributed by atoms with E-state index in [9.17, 15) is 0 Å². The van der Waals surface area contributed by atoms with Crippen LogP contribution >= 0.6 is 34.2 Å². The molecule has 1 N–H and O–H groups in total. The third kappa shape index (κ3) is 2.93. The van der Waals surface area contributed by atoms with Crippen LogP contribution in [0.3, 0.4) is 0 Å². The van der Waals surface area contributed by atoms with E-state index in [1.807, 2.05) is 11.6 Å². The van der Waals surface area contributed by atoms with Crippen LogP contribution in [0.25, 0.3) is 0 Å². The van der Waals surface area contributed by atoms with Crippen molar-refractivity contribution in [1.82, 2.24) is 9.55 Å². The highest BCUT2D eigenvalue weighted by atomic mass is 127. The molecule has 0 amide bonds. The van der Waals surface area contributed by atoms with Gasteiger partial charge >= 0.3 is 0 Å². The van der Waals surface area contributed by atoms with E-state index < -0.39 is 0 Å². The summed E-state index contributed by atoms with van der Waals surface area (Å²) >= 11 is 8.24. The van der Waals surface area contributed by atoms with E-state index in [1.165, 1.54) is 9.13 Å². The molecular formula is C12H13ClIN3. The first-order valence-electron chi connectivity index (χ1n) is 5.24. The van der Waals surface area contributed by atoms with Gasteiger partial charge in [-0.25, -0.2) is 4.98 Å². The molecule has 17 heavy (non-hydrogen) atoms. The molecule has 0 bridgehead atoms. The second kappa shape index (κ2) is 5.27. The lowest BCUT2D eigenvalue weighted by Gasteiger charge is -2.09. The molecule has 2 aromatic rings. The maximum atomic E-state index is 5.93. The van der Waals surface area contributed by atoms with E-state index in [-0.39, 0.29) is 0 Å². The second-order valence-electron chi connectivity index (χ2n) is 3.87. The van der Waals surface area contributed by atoms with Crippen molar-refractivity contribution in [2.75, 3.05) is 5.32 Å². The van der Waals surface area contributed by atoms with Crippen LogP contribution in [0, 0.1) is 10.5 Å². The van der Waals surface area contributed by atoms with Crippen molar-refractivity contribution < 1.29 is 0 Å². The minimum atomic E-state index is 0.654. The highest BCUT2D eigenvalue weighted by Crippen LogP contribution is 2.18. The maximum absolute atomic E-state index is 5.93. The van der Waals surface area contributed by atoms with Gasteiger partial charge in [-0.2, -0.15) is 0 Å². The predicted molar refractivity (Wildman–Crippen MR) is 79.4 cm³/mol. The van der Waals surface area contributed by atoms with Crippen molar-refractivity contribution >= 4 is 39.9 Å². The summed E-state index contributed by atoms with van der Waals surface area (Å²) in [6, 6.07) is 6.32. The minimum absolute atomic E-state index is 0.654. The molecule has 0 aliphatic rings. The molecule has 1 heterocycles. The Morgan fingerprint density at radius 1 is 1.47 bits per heavy atom. The predicted octanol–water partition coefficient (Wildman–Crippen LogP) is 3.60. The zero-order valence-corrected chi connectivity index (χ0v) is 12.6. The zero-order valence-electron chi connectivity index (χ0n) is 9.67. The van der Waals surface area contributed by atoms with E-state index >= 15 is 0 Å². The fourth-order valence-electron chi connectivity index (χ4n) is 1.59. The molecule has 0 atom stereocenters. The quantitative estimate of drug-likeness (QED) is 0.847. The van der Waals surface area contributed by atoms with Gasteiger partial charge in [0.25, 0.3) is 0 Å². The van der Waals surface area contributed by atoms with Gasteiger partial charge in [0.1, 0.15) is 11.0 Å². The molecule has 5 heteroatoms. The second-order valence-corrected chi connectivity index (χ2v) is 5.50. The molecule has 0 fully saturated rings. The van der Waals surface area contributed by atoms with E-state index in [0.717, 1.165) is 11.5 Å².